The van der Waals surface area contributed by atoms with E-state index in [1.807, 2.05) is 19.9 Å². The van der Waals surface area contributed by atoms with Gasteiger partial charge in [-0.2, -0.15) is 0 Å². The highest BCUT2D eigenvalue weighted by atomic mass is 16.2. The first kappa shape index (κ1) is 13.2. The van der Waals surface area contributed by atoms with Gasteiger partial charge in [-0.05, 0) is 25.5 Å². The second-order valence-corrected chi connectivity index (χ2v) is 4.19. The van der Waals surface area contributed by atoms with Crippen molar-refractivity contribution in [3.05, 3.63) is 45.9 Å². The number of aryl methyl sites for hydroxylation is 2. The molecule has 1 heterocycles. The molecule has 2 N–H and O–H groups in total. The van der Waals surface area contributed by atoms with E-state index in [-0.39, 0.29) is 23.9 Å². The zero-order valence-electron chi connectivity index (χ0n) is 10.5. The number of pyridine rings is 1. The minimum absolute atomic E-state index is 0.126. The van der Waals surface area contributed by atoms with Gasteiger partial charge in [-0.3, -0.25) is 9.59 Å². The van der Waals surface area contributed by atoms with Crippen molar-refractivity contribution in [1.82, 2.24) is 10.3 Å². The highest BCUT2D eigenvalue weighted by Gasteiger charge is 2.10. The lowest BCUT2D eigenvalue weighted by atomic mass is 10.1. The predicted molar refractivity (Wildman–Crippen MR) is 67.7 cm³/mol. The Morgan fingerprint density at radius 3 is 2.76 bits per heavy atom. The molecule has 1 rings (SSSR count). The van der Waals surface area contributed by atoms with Crippen LogP contribution in [0.5, 0.6) is 0 Å². The van der Waals surface area contributed by atoms with Crippen molar-refractivity contribution < 1.29 is 4.79 Å². The third-order valence-electron chi connectivity index (χ3n) is 2.70. The van der Waals surface area contributed by atoms with Crippen molar-refractivity contribution in [3.8, 4) is 0 Å². The molecule has 1 aromatic heterocycles. The first-order valence-corrected chi connectivity index (χ1v) is 5.55. The maximum absolute atomic E-state index is 11.7. The van der Waals surface area contributed by atoms with Gasteiger partial charge in [0.15, 0.2) is 0 Å². The predicted octanol–water partition coefficient (Wildman–Crippen LogP) is 1.43. The quantitative estimate of drug-likeness (QED) is 0.774. The molecule has 0 radical (unpaired) electrons. The van der Waals surface area contributed by atoms with Crippen LogP contribution in [-0.4, -0.2) is 10.9 Å². The Labute approximate surface area is 101 Å². The van der Waals surface area contributed by atoms with Crippen LogP contribution >= 0.6 is 0 Å². The SMILES string of the molecule is C=CC(C)C(=O)NCc1c(C)cc(C)[nH]c1=O. The highest BCUT2D eigenvalue weighted by molar-refractivity contribution is 5.79. The second kappa shape index (κ2) is 5.48. The van der Waals surface area contributed by atoms with E-state index < -0.39 is 0 Å². The molecular weight excluding hydrogens is 216 g/mol. The topological polar surface area (TPSA) is 62.0 Å². The minimum Gasteiger partial charge on any atom is -0.351 e. The first-order valence-electron chi connectivity index (χ1n) is 5.55. The number of nitrogens with one attached hydrogen (secondary N) is 2. The fourth-order valence-corrected chi connectivity index (χ4v) is 1.54. The average molecular weight is 234 g/mol. The summed E-state index contributed by atoms with van der Waals surface area (Å²) in [4.78, 5) is 25.9. The van der Waals surface area contributed by atoms with Gasteiger partial charge in [0.25, 0.3) is 5.56 Å². The van der Waals surface area contributed by atoms with E-state index in [9.17, 15) is 9.59 Å². The number of aromatic nitrogens is 1. The normalized spacial score (nSPS) is 11.9. The summed E-state index contributed by atoms with van der Waals surface area (Å²) in [5.41, 5.74) is 2.16. The van der Waals surface area contributed by atoms with Crippen LogP contribution in [0, 0.1) is 19.8 Å². The van der Waals surface area contributed by atoms with Gasteiger partial charge in [0.05, 0.1) is 5.92 Å². The summed E-state index contributed by atoms with van der Waals surface area (Å²) in [7, 11) is 0. The van der Waals surface area contributed by atoms with Gasteiger partial charge in [-0.15, -0.1) is 6.58 Å². The van der Waals surface area contributed by atoms with Crippen molar-refractivity contribution in [2.24, 2.45) is 5.92 Å². The number of rotatable bonds is 4. The van der Waals surface area contributed by atoms with Crippen molar-refractivity contribution >= 4 is 5.91 Å². The van der Waals surface area contributed by atoms with Crippen molar-refractivity contribution in [2.45, 2.75) is 27.3 Å². The molecule has 4 nitrogen and oxygen atoms in total. The summed E-state index contributed by atoms with van der Waals surface area (Å²) < 4.78 is 0. The van der Waals surface area contributed by atoms with Crippen molar-refractivity contribution in [3.63, 3.8) is 0 Å². The number of hydrogen-bond acceptors (Lipinski definition) is 2. The molecule has 1 unspecified atom stereocenters. The van der Waals surface area contributed by atoms with Gasteiger partial charge in [0.2, 0.25) is 5.91 Å². The Balaban J connectivity index is 2.80. The molecular formula is C13H18N2O2. The molecule has 17 heavy (non-hydrogen) atoms. The average Bonchev–Trinajstić information content (AvgIpc) is 2.26. The monoisotopic (exact) mass is 234 g/mol. The molecule has 0 fully saturated rings. The molecule has 1 atom stereocenters. The molecule has 92 valence electrons. The number of carbonyl (C=O) groups is 1. The summed E-state index contributed by atoms with van der Waals surface area (Å²) in [6.45, 7) is 9.25. The van der Waals surface area contributed by atoms with E-state index in [4.69, 9.17) is 0 Å². The van der Waals surface area contributed by atoms with Crippen LogP contribution in [0.25, 0.3) is 0 Å². The molecule has 0 spiro atoms. The Hall–Kier alpha value is -1.84. The summed E-state index contributed by atoms with van der Waals surface area (Å²) in [6, 6.07) is 1.89. The van der Waals surface area contributed by atoms with Gasteiger partial charge >= 0.3 is 0 Å². The zero-order valence-corrected chi connectivity index (χ0v) is 10.5. The molecule has 0 aliphatic carbocycles. The molecule has 0 aliphatic heterocycles. The Morgan fingerprint density at radius 2 is 2.24 bits per heavy atom. The van der Waals surface area contributed by atoms with E-state index >= 15 is 0 Å². The molecule has 4 heteroatoms. The van der Waals surface area contributed by atoms with Crippen molar-refractivity contribution in [1.29, 1.82) is 0 Å². The Morgan fingerprint density at radius 1 is 1.59 bits per heavy atom. The Kier molecular flexibility index (Phi) is 4.26. The molecule has 1 amide bonds. The van der Waals surface area contributed by atoms with E-state index in [1.54, 1.807) is 13.0 Å². The van der Waals surface area contributed by atoms with Gasteiger partial charge in [-0.25, -0.2) is 0 Å². The highest BCUT2D eigenvalue weighted by Crippen LogP contribution is 2.04. The number of H-pyrrole nitrogens is 1. The van der Waals surface area contributed by atoms with E-state index in [0.29, 0.717) is 5.56 Å². The van der Waals surface area contributed by atoms with Gasteiger partial charge in [0, 0.05) is 17.8 Å². The summed E-state index contributed by atoms with van der Waals surface area (Å²) in [6.07, 6.45) is 1.57. The number of aromatic amines is 1. The van der Waals surface area contributed by atoms with Crippen LogP contribution < -0.4 is 10.9 Å². The van der Waals surface area contributed by atoms with E-state index in [1.165, 1.54) is 0 Å². The van der Waals surface area contributed by atoms with Crippen LogP contribution in [0.1, 0.15) is 23.7 Å². The fraction of sp³-hybridized carbons (Fsp3) is 0.385. The smallest absolute Gasteiger partial charge is 0.253 e. The van der Waals surface area contributed by atoms with Crippen LogP contribution in [0.2, 0.25) is 0 Å². The first-order chi connectivity index (χ1) is 7.95. The third-order valence-corrected chi connectivity index (χ3v) is 2.70. The number of carbonyl (C=O) groups excluding carboxylic acids is 1. The summed E-state index contributed by atoms with van der Waals surface area (Å²) >= 11 is 0. The molecule has 1 aromatic rings. The van der Waals surface area contributed by atoms with Crippen LogP contribution in [0.4, 0.5) is 0 Å². The lowest BCUT2D eigenvalue weighted by Crippen LogP contribution is -2.31. The molecule has 0 saturated carbocycles. The molecule has 0 aliphatic rings. The maximum Gasteiger partial charge on any atom is 0.253 e. The van der Waals surface area contributed by atoms with E-state index in [2.05, 4.69) is 16.9 Å². The fourth-order valence-electron chi connectivity index (χ4n) is 1.54. The van der Waals surface area contributed by atoms with Gasteiger partial charge < -0.3 is 10.3 Å². The maximum atomic E-state index is 11.7. The van der Waals surface area contributed by atoms with Crippen LogP contribution in [-0.2, 0) is 11.3 Å². The number of amides is 1. The largest absolute Gasteiger partial charge is 0.351 e. The number of hydrogen-bond donors (Lipinski definition) is 2. The third kappa shape index (κ3) is 3.31. The van der Waals surface area contributed by atoms with Crippen molar-refractivity contribution in [2.75, 3.05) is 0 Å². The van der Waals surface area contributed by atoms with E-state index in [0.717, 1.165) is 11.3 Å². The lowest BCUT2D eigenvalue weighted by Gasteiger charge is -2.10. The standard InChI is InChI=1S/C13H18N2O2/c1-5-8(2)12(16)14-7-11-9(3)6-10(4)15-13(11)17/h5-6,8H,1,7H2,2-4H3,(H,14,16)(H,15,17). The lowest BCUT2D eigenvalue weighted by molar-refractivity contribution is -0.123. The minimum atomic E-state index is -0.250. The van der Waals surface area contributed by atoms with Crippen LogP contribution in [0.3, 0.4) is 0 Å². The molecule has 0 aromatic carbocycles. The summed E-state index contributed by atoms with van der Waals surface area (Å²) in [5, 5.41) is 2.72. The Bertz CT molecular complexity index is 489. The molecule has 0 bridgehead atoms. The van der Waals surface area contributed by atoms with Crippen LogP contribution in [0.15, 0.2) is 23.5 Å². The second-order valence-electron chi connectivity index (χ2n) is 4.19. The van der Waals surface area contributed by atoms with Gasteiger partial charge in [0.1, 0.15) is 0 Å². The molecule has 0 saturated heterocycles. The summed E-state index contributed by atoms with van der Waals surface area (Å²) in [5.74, 6) is -0.376. The zero-order chi connectivity index (χ0) is 13.0. The van der Waals surface area contributed by atoms with Gasteiger partial charge in [-0.1, -0.05) is 13.0 Å².